The number of benzene rings is 1. The number of rotatable bonds is 6. The summed E-state index contributed by atoms with van der Waals surface area (Å²) in [6.07, 6.45) is 3.50. The molecule has 1 aromatic carbocycles. The highest BCUT2D eigenvalue weighted by molar-refractivity contribution is 5.80. The lowest BCUT2D eigenvalue weighted by molar-refractivity contribution is -0.138. The largest absolute Gasteiger partial charge is 0.497 e. The van der Waals surface area contributed by atoms with Crippen molar-refractivity contribution in [3.63, 3.8) is 0 Å². The van der Waals surface area contributed by atoms with Crippen LogP contribution in [0.5, 0.6) is 5.75 Å². The fourth-order valence-corrected chi connectivity index (χ4v) is 3.49. The van der Waals surface area contributed by atoms with Crippen LogP contribution in [0.4, 0.5) is 4.79 Å². The van der Waals surface area contributed by atoms with Crippen molar-refractivity contribution in [2.24, 2.45) is 5.92 Å². The number of ether oxygens (including phenoxy) is 2. The van der Waals surface area contributed by atoms with Crippen molar-refractivity contribution in [3.8, 4) is 5.75 Å². The Hall–Kier alpha value is -2.24. The summed E-state index contributed by atoms with van der Waals surface area (Å²) < 4.78 is 10.3. The van der Waals surface area contributed by atoms with Gasteiger partial charge in [0.05, 0.1) is 19.6 Å². The topological polar surface area (TPSA) is 59.1 Å². The normalized spacial score (nSPS) is 19.8. The number of likely N-dealkylation sites (tertiary alicyclic amines) is 1. The highest BCUT2D eigenvalue weighted by Gasteiger charge is 2.38. The zero-order valence-corrected chi connectivity index (χ0v) is 15.6. The van der Waals surface area contributed by atoms with Gasteiger partial charge in [-0.3, -0.25) is 4.79 Å². The van der Waals surface area contributed by atoms with Gasteiger partial charge in [0.1, 0.15) is 5.75 Å². The van der Waals surface area contributed by atoms with Crippen molar-refractivity contribution < 1.29 is 19.1 Å². The highest BCUT2D eigenvalue weighted by atomic mass is 16.6. The van der Waals surface area contributed by atoms with Crippen molar-refractivity contribution in [2.75, 3.05) is 26.8 Å². The van der Waals surface area contributed by atoms with E-state index < -0.39 is 0 Å². The third-order valence-corrected chi connectivity index (χ3v) is 5.08. The summed E-state index contributed by atoms with van der Waals surface area (Å²) in [5, 5.41) is 0. The van der Waals surface area contributed by atoms with Crippen LogP contribution >= 0.6 is 0 Å². The maximum absolute atomic E-state index is 13.2. The molecule has 1 aliphatic carbocycles. The van der Waals surface area contributed by atoms with Gasteiger partial charge in [-0.15, -0.1) is 0 Å². The number of carbonyl (C=O) groups is 2. The maximum Gasteiger partial charge on any atom is 0.409 e. The Balaban J connectivity index is 1.65. The molecule has 0 bridgehead atoms. The summed E-state index contributed by atoms with van der Waals surface area (Å²) in [7, 11) is 1.65. The molecule has 26 heavy (non-hydrogen) atoms. The van der Waals surface area contributed by atoms with E-state index >= 15 is 0 Å². The maximum atomic E-state index is 13.2. The van der Waals surface area contributed by atoms with Crippen LogP contribution in [0.15, 0.2) is 24.3 Å². The smallest absolute Gasteiger partial charge is 0.409 e. The van der Waals surface area contributed by atoms with Crippen molar-refractivity contribution in [1.82, 2.24) is 9.80 Å². The van der Waals surface area contributed by atoms with Crippen LogP contribution in [0.25, 0.3) is 0 Å². The lowest BCUT2D eigenvalue weighted by atomic mass is 9.96. The average Bonchev–Trinajstić information content (AvgIpc) is 3.51. The molecule has 2 fully saturated rings. The quantitative estimate of drug-likeness (QED) is 0.782. The van der Waals surface area contributed by atoms with Gasteiger partial charge in [0.15, 0.2) is 0 Å². The molecule has 0 radical (unpaired) electrons. The molecule has 1 atom stereocenters. The van der Waals surface area contributed by atoms with Crippen LogP contribution in [0.1, 0.15) is 38.2 Å². The summed E-state index contributed by atoms with van der Waals surface area (Å²) >= 11 is 0. The molecule has 0 spiro atoms. The molecule has 3 rings (SSSR count). The standard InChI is InChI=1S/C20H28N2O4/c1-3-26-20(24)21-12-4-5-16(14-21)19(23)22(17-8-9-17)13-15-6-10-18(25-2)11-7-15/h6-7,10-11,16-17H,3-5,8-9,12-14H2,1-2H3. The Bertz CT molecular complexity index is 627. The van der Waals surface area contributed by atoms with Crippen molar-refractivity contribution in [1.29, 1.82) is 0 Å². The number of methoxy groups -OCH3 is 1. The van der Waals surface area contributed by atoms with Crippen LogP contribution in [-0.2, 0) is 16.1 Å². The number of hydrogen-bond donors (Lipinski definition) is 0. The minimum Gasteiger partial charge on any atom is -0.497 e. The molecule has 6 nitrogen and oxygen atoms in total. The first kappa shape index (κ1) is 18.5. The van der Waals surface area contributed by atoms with E-state index in [1.54, 1.807) is 18.9 Å². The molecule has 1 saturated heterocycles. The minimum atomic E-state index is -0.307. The van der Waals surface area contributed by atoms with Gasteiger partial charge in [-0.25, -0.2) is 4.79 Å². The number of hydrogen-bond acceptors (Lipinski definition) is 4. The van der Waals surface area contributed by atoms with Crippen molar-refractivity contribution in [2.45, 2.75) is 45.2 Å². The molecule has 2 aliphatic rings. The summed E-state index contributed by atoms with van der Waals surface area (Å²) in [6, 6.07) is 8.20. The molecule has 6 heteroatoms. The van der Waals surface area contributed by atoms with E-state index in [-0.39, 0.29) is 17.9 Å². The first-order chi connectivity index (χ1) is 12.6. The lowest BCUT2D eigenvalue weighted by Crippen LogP contribution is -2.47. The molecule has 142 valence electrons. The third-order valence-electron chi connectivity index (χ3n) is 5.08. The van der Waals surface area contributed by atoms with E-state index in [1.807, 2.05) is 29.2 Å². The molecular weight excluding hydrogens is 332 g/mol. The summed E-state index contributed by atoms with van der Waals surface area (Å²) in [5.74, 6) is 0.847. The second kappa shape index (κ2) is 8.43. The number of carbonyl (C=O) groups excluding carboxylic acids is 2. The van der Waals surface area contributed by atoms with Crippen LogP contribution in [0.2, 0.25) is 0 Å². The second-order valence-corrected chi connectivity index (χ2v) is 7.03. The van der Waals surface area contributed by atoms with Gasteiger partial charge in [0, 0.05) is 25.7 Å². The summed E-state index contributed by atoms with van der Waals surface area (Å²) in [5.41, 5.74) is 1.10. The average molecular weight is 360 g/mol. The minimum absolute atomic E-state index is 0.132. The first-order valence-corrected chi connectivity index (χ1v) is 9.47. The van der Waals surface area contributed by atoms with Gasteiger partial charge in [-0.05, 0) is 50.3 Å². The predicted molar refractivity (Wildman–Crippen MR) is 97.9 cm³/mol. The summed E-state index contributed by atoms with van der Waals surface area (Å²) in [4.78, 5) is 28.8. The fraction of sp³-hybridized carbons (Fsp3) is 0.600. The lowest BCUT2D eigenvalue weighted by Gasteiger charge is -2.34. The summed E-state index contributed by atoms with van der Waals surface area (Å²) in [6.45, 7) is 3.91. The Labute approximate surface area is 155 Å². The second-order valence-electron chi connectivity index (χ2n) is 7.03. The Morgan fingerprint density at radius 3 is 2.54 bits per heavy atom. The third kappa shape index (κ3) is 4.48. The van der Waals surface area contributed by atoms with Crippen LogP contribution in [0, 0.1) is 5.92 Å². The van der Waals surface area contributed by atoms with Gasteiger partial charge in [0.25, 0.3) is 0 Å². The molecule has 1 aliphatic heterocycles. The zero-order chi connectivity index (χ0) is 18.5. The SMILES string of the molecule is CCOC(=O)N1CCCC(C(=O)N(Cc2ccc(OC)cc2)C2CC2)C1. The fourth-order valence-electron chi connectivity index (χ4n) is 3.49. The van der Waals surface area contributed by atoms with Crippen LogP contribution in [-0.4, -0.2) is 54.6 Å². The van der Waals surface area contributed by atoms with E-state index in [0.717, 1.165) is 37.0 Å². The van der Waals surface area contributed by atoms with E-state index in [1.165, 1.54) is 0 Å². The molecule has 0 N–H and O–H groups in total. The monoisotopic (exact) mass is 360 g/mol. The molecule has 1 saturated carbocycles. The van der Waals surface area contributed by atoms with E-state index in [9.17, 15) is 9.59 Å². The molecule has 2 amide bonds. The van der Waals surface area contributed by atoms with Gasteiger partial charge in [-0.1, -0.05) is 12.1 Å². The predicted octanol–water partition coefficient (Wildman–Crippen LogP) is 3.05. The van der Waals surface area contributed by atoms with Gasteiger partial charge < -0.3 is 19.3 Å². The molecule has 0 aromatic heterocycles. The highest BCUT2D eigenvalue weighted by Crippen LogP contribution is 2.32. The first-order valence-electron chi connectivity index (χ1n) is 9.47. The van der Waals surface area contributed by atoms with Gasteiger partial charge in [-0.2, -0.15) is 0 Å². The molecular formula is C20H28N2O4. The van der Waals surface area contributed by atoms with E-state index in [4.69, 9.17) is 9.47 Å². The van der Waals surface area contributed by atoms with Gasteiger partial charge in [0.2, 0.25) is 5.91 Å². The molecule has 1 unspecified atom stereocenters. The Morgan fingerprint density at radius 2 is 1.92 bits per heavy atom. The number of piperidine rings is 1. The molecule has 1 heterocycles. The Morgan fingerprint density at radius 1 is 1.19 bits per heavy atom. The van der Waals surface area contributed by atoms with Gasteiger partial charge >= 0.3 is 6.09 Å². The number of nitrogens with zero attached hydrogens (tertiary/aromatic N) is 2. The van der Waals surface area contributed by atoms with Crippen molar-refractivity contribution >= 4 is 12.0 Å². The number of amides is 2. The van der Waals surface area contributed by atoms with Crippen molar-refractivity contribution in [3.05, 3.63) is 29.8 Å². The molecule has 1 aromatic rings. The van der Waals surface area contributed by atoms with Crippen LogP contribution in [0.3, 0.4) is 0 Å². The Kier molecular flexibility index (Phi) is 6.01. The van der Waals surface area contributed by atoms with E-state index in [0.29, 0.717) is 32.3 Å². The zero-order valence-electron chi connectivity index (χ0n) is 15.6. The van der Waals surface area contributed by atoms with Crippen LogP contribution < -0.4 is 4.74 Å². The van der Waals surface area contributed by atoms with E-state index in [2.05, 4.69) is 0 Å².